The second-order valence-electron chi connectivity index (χ2n) is 3.13. The first-order chi connectivity index (χ1) is 6.61. The first kappa shape index (κ1) is 10.9. The Morgan fingerprint density at radius 1 is 0.929 bits per heavy atom. The average molecular weight is 202 g/mol. The summed E-state index contributed by atoms with van der Waals surface area (Å²) in [6.45, 7) is 1.00. The third-order valence-corrected chi connectivity index (χ3v) is 1.95. The van der Waals surface area contributed by atoms with E-state index < -0.39 is 0 Å². The van der Waals surface area contributed by atoms with Gasteiger partial charge in [0.05, 0.1) is 13.2 Å². The fourth-order valence-corrected chi connectivity index (χ4v) is 1.02. The number of esters is 2. The third kappa shape index (κ3) is 2.97. The van der Waals surface area contributed by atoms with Gasteiger partial charge in [-0.3, -0.25) is 9.59 Å². The van der Waals surface area contributed by atoms with Gasteiger partial charge in [-0.1, -0.05) is 0 Å². The highest BCUT2D eigenvalue weighted by molar-refractivity contribution is 5.77. The van der Waals surface area contributed by atoms with Gasteiger partial charge in [0.1, 0.15) is 12.1 Å². The lowest BCUT2D eigenvalue weighted by atomic mass is 10.3. The predicted octanol–water partition coefficient (Wildman–Crippen LogP) is -1.48. The van der Waals surface area contributed by atoms with Gasteiger partial charge in [0.25, 0.3) is 0 Å². The fourth-order valence-electron chi connectivity index (χ4n) is 1.02. The molecule has 2 rings (SSSR count). The molecular formula is C8H14N2O4. The van der Waals surface area contributed by atoms with Crippen molar-refractivity contribution in [2.24, 2.45) is 11.5 Å². The molecule has 2 unspecified atom stereocenters. The van der Waals surface area contributed by atoms with Crippen molar-refractivity contribution in [1.82, 2.24) is 0 Å². The lowest BCUT2D eigenvalue weighted by Gasteiger charge is -1.89. The van der Waals surface area contributed by atoms with E-state index in [1.54, 1.807) is 0 Å². The summed E-state index contributed by atoms with van der Waals surface area (Å²) in [5.41, 5.74) is 10.4. The molecule has 0 aliphatic carbocycles. The second kappa shape index (κ2) is 4.92. The quantitative estimate of drug-likeness (QED) is 0.464. The summed E-state index contributed by atoms with van der Waals surface area (Å²) in [4.78, 5) is 20.5. The molecule has 80 valence electrons. The minimum absolute atomic E-state index is 0.264. The molecule has 2 aliphatic heterocycles. The molecule has 0 aromatic carbocycles. The number of carbonyl (C=O) groups is 2. The normalized spacial score (nSPS) is 30.4. The van der Waals surface area contributed by atoms with Crippen LogP contribution in [0.25, 0.3) is 0 Å². The summed E-state index contributed by atoms with van der Waals surface area (Å²) in [6.07, 6.45) is 1.36. The smallest absolute Gasteiger partial charge is 0.323 e. The maximum absolute atomic E-state index is 10.2. The Hall–Kier alpha value is -1.14. The topological polar surface area (TPSA) is 105 Å². The average Bonchev–Trinajstić information content (AvgIpc) is 2.67. The Balaban J connectivity index is 0.000000140. The molecule has 4 N–H and O–H groups in total. The number of hydrogen-bond acceptors (Lipinski definition) is 6. The van der Waals surface area contributed by atoms with E-state index in [2.05, 4.69) is 9.47 Å². The van der Waals surface area contributed by atoms with Crippen LogP contribution in [0.3, 0.4) is 0 Å². The summed E-state index contributed by atoms with van der Waals surface area (Å²) in [5.74, 6) is -0.528. The van der Waals surface area contributed by atoms with Crippen molar-refractivity contribution < 1.29 is 19.1 Å². The fraction of sp³-hybridized carbons (Fsp3) is 0.750. The van der Waals surface area contributed by atoms with Crippen molar-refractivity contribution in [2.45, 2.75) is 24.9 Å². The summed E-state index contributed by atoms with van der Waals surface area (Å²) in [7, 11) is 0. The zero-order valence-electron chi connectivity index (χ0n) is 7.77. The molecule has 14 heavy (non-hydrogen) atoms. The van der Waals surface area contributed by atoms with Gasteiger partial charge in [-0.25, -0.2) is 0 Å². The summed E-state index contributed by atoms with van der Waals surface area (Å²) in [5, 5.41) is 0. The highest BCUT2D eigenvalue weighted by Crippen LogP contribution is 2.01. The van der Waals surface area contributed by atoms with Gasteiger partial charge >= 0.3 is 11.9 Å². The van der Waals surface area contributed by atoms with Gasteiger partial charge in [0.2, 0.25) is 0 Å². The molecule has 0 aromatic heterocycles. The number of nitrogens with two attached hydrogens (primary N) is 2. The van der Waals surface area contributed by atoms with Crippen LogP contribution < -0.4 is 11.5 Å². The van der Waals surface area contributed by atoms with Gasteiger partial charge in [-0.15, -0.1) is 0 Å². The van der Waals surface area contributed by atoms with Gasteiger partial charge < -0.3 is 20.9 Å². The van der Waals surface area contributed by atoms with Crippen LogP contribution in [0, 0.1) is 0 Å². The van der Waals surface area contributed by atoms with Crippen LogP contribution in [0.5, 0.6) is 0 Å². The lowest BCUT2D eigenvalue weighted by Crippen LogP contribution is -2.24. The minimum Gasteiger partial charge on any atom is -0.464 e. The summed E-state index contributed by atoms with van der Waals surface area (Å²) >= 11 is 0. The van der Waals surface area contributed by atoms with Crippen molar-refractivity contribution in [3.63, 3.8) is 0 Å². The van der Waals surface area contributed by atoms with Gasteiger partial charge in [-0.05, 0) is 0 Å². The predicted molar refractivity (Wildman–Crippen MR) is 47.1 cm³/mol. The van der Waals surface area contributed by atoms with Crippen LogP contribution in [0.4, 0.5) is 0 Å². The molecule has 0 saturated carbocycles. The van der Waals surface area contributed by atoms with E-state index in [0.717, 1.165) is 0 Å². The molecule has 6 nitrogen and oxygen atoms in total. The van der Waals surface area contributed by atoms with E-state index in [-0.39, 0.29) is 24.0 Å². The number of hydrogen-bond donors (Lipinski definition) is 2. The maximum atomic E-state index is 10.2. The van der Waals surface area contributed by atoms with Gasteiger partial charge in [0, 0.05) is 12.8 Å². The first-order valence-electron chi connectivity index (χ1n) is 4.45. The van der Waals surface area contributed by atoms with Crippen LogP contribution >= 0.6 is 0 Å². The number of carbonyl (C=O) groups excluding carboxylic acids is 2. The van der Waals surface area contributed by atoms with Gasteiger partial charge in [0.15, 0.2) is 0 Å². The van der Waals surface area contributed by atoms with Crippen molar-refractivity contribution in [3.05, 3.63) is 0 Å². The molecule has 2 aliphatic rings. The number of cyclic esters (lactones) is 2. The van der Waals surface area contributed by atoms with Crippen molar-refractivity contribution in [2.75, 3.05) is 13.2 Å². The third-order valence-electron chi connectivity index (χ3n) is 1.95. The van der Waals surface area contributed by atoms with Crippen LogP contribution in [-0.2, 0) is 19.1 Å². The SMILES string of the molecule is NC1CCOC1=O.NC1CCOC1=O. The molecule has 6 heteroatoms. The van der Waals surface area contributed by atoms with Crippen molar-refractivity contribution in [3.8, 4) is 0 Å². The Kier molecular flexibility index (Phi) is 3.84. The van der Waals surface area contributed by atoms with E-state index in [1.807, 2.05) is 0 Å². The van der Waals surface area contributed by atoms with Gasteiger partial charge in [-0.2, -0.15) is 0 Å². The molecule has 2 heterocycles. The largest absolute Gasteiger partial charge is 0.464 e. The molecule has 2 fully saturated rings. The highest BCUT2D eigenvalue weighted by atomic mass is 16.5. The Morgan fingerprint density at radius 2 is 1.29 bits per heavy atom. The van der Waals surface area contributed by atoms with Crippen LogP contribution in [-0.4, -0.2) is 37.2 Å². The maximum Gasteiger partial charge on any atom is 0.323 e. The molecule has 0 bridgehead atoms. The van der Waals surface area contributed by atoms with Crippen molar-refractivity contribution >= 4 is 11.9 Å². The molecule has 0 radical (unpaired) electrons. The molecule has 0 aromatic rings. The zero-order valence-corrected chi connectivity index (χ0v) is 7.77. The Labute approximate surface area is 81.5 Å². The molecular weight excluding hydrogens is 188 g/mol. The van der Waals surface area contributed by atoms with Crippen molar-refractivity contribution in [1.29, 1.82) is 0 Å². The Morgan fingerprint density at radius 3 is 1.36 bits per heavy atom. The lowest BCUT2D eigenvalue weighted by molar-refractivity contribution is -0.139. The molecule has 0 spiro atoms. The van der Waals surface area contributed by atoms with Crippen LogP contribution in [0.2, 0.25) is 0 Å². The monoisotopic (exact) mass is 202 g/mol. The minimum atomic E-state index is -0.347. The van der Waals surface area contributed by atoms with E-state index in [9.17, 15) is 9.59 Å². The Bertz CT molecular complexity index is 207. The van der Waals surface area contributed by atoms with Crippen LogP contribution in [0.15, 0.2) is 0 Å². The molecule has 2 atom stereocenters. The second-order valence-corrected chi connectivity index (χ2v) is 3.13. The van der Waals surface area contributed by atoms with Crippen LogP contribution in [0.1, 0.15) is 12.8 Å². The number of ether oxygens (including phenoxy) is 2. The standard InChI is InChI=1S/2C4H7NO2/c2*5-3-1-2-7-4(3)6/h2*3H,1-2,5H2. The van der Waals surface area contributed by atoms with E-state index in [0.29, 0.717) is 26.1 Å². The molecule has 2 saturated heterocycles. The summed E-state index contributed by atoms with van der Waals surface area (Å²) < 4.78 is 9.00. The highest BCUT2D eigenvalue weighted by Gasteiger charge is 2.21. The van der Waals surface area contributed by atoms with E-state index >= 15 is 0 Å². The number of rotatable bonds is 0. The summed E-state index contributed by atoms with van der Waals surface area (Å²) in [6, 6.07) is -0.694. The molecule has 0 amide bonds. The zero-order chi connectivity index (χ0) is 10.6. The van der Waals surface area contributed by atoms with E-state index in [1.165, 1.54) is 0 Å². The first-order valence-corrected chi connectivity index (χ1v) is 4.45. The van der Waals surface area contributed by atoms with E-state index in [4.69, 9.17) is 11.5 Å².